The normalized spacial score (nSPS) is 16.2. The monoisotopic (exact) mass is 716 g/mol. The number of aryl methyl sites for hydroxylation is 1. The van der Waals surface area contributed by atoms with Crippen LogP contribution in [0.4, 0.5) is 4.79 Å². The molecular weight excluding hydrogens is 655 g/mol. The van der Waals surface area contributed by atoms with E-state index in [1.165, 1.54) is 103 Å². The first-order valence-corrected chi connectivity index (χ1v) is 17.2. The third-order valence-electron chi connectivity index (χ3n) is 8.28. The molecule has 2 heterocycles. The summed E-state index contributed by atoms with van der Waals surface area (Å²) in [6.07, 6.45) is 25.9. The summed E-state index contributed by atoms with van der Waals surface area (Å²) in [4.78, 5) is 25.9. The highest BCUT2D eigenvalue weighted by molar-refractivity contribution is 5.90. The number of amides is 2. The molecule has 248 valence electrons. The average molecular weight is 717 g/mol. The van der Waals surface area contributed by atoms with E-state index in [4.69, 9.17) is 14.2 Å². The summed E-state index contributed by atoms with van der Waals surface area (Å²) in [6, 6.07) is 3.82. The van der Waals surface area contributed by atoms with E-state index in [9.17, 15) is 9.59 Å². The van der Waals surface area contributed by atoms with E-state index in [2.05, 4.69) is 6.92 Å². The van der Waals surface area contributed by atoms with Gasteiger partial charge in [0.05, 0.1) is 25.9 Å². The van der Waals surface area contributed by atoms with Gasteiger partial charge in [0.2, 0.25) is 5.91 Å². The Hall–Kier alpha value is -1.26. The topological polar surface area (TPSA) is 69.0 Å². The maximum absolute atomic E-state index is 12.6. The highest BCUT2D eigenvalue weighted by atomic mass is 127. The van der Waals surface area contributed by atoms with Crippen LogP contribution in [0.2, 0.25) is 0 Å². The van der Waals surface area contributed by atoms with E-state index in [-0.39, 0.29) is 49.1 Å². The number of imide groups is 1. The smallest absolute Gasteiger partial charge is 0.416 e. The zero-order chi connectivity index (χ0) is 30.3. The summed E-state index contributed by atoms with van der Waals surface area (Å²) < 4.78 is 19.2. The van der Waals surface area contributed by atoms with Crippen LogP contribution < -0.4 is 28.5 Å². The van der Waals surface area contributed by atoms with Crippen molar-refractivity contribution in [2.75, 3.05) is 26.4 Å². The lowest BCUT2D eigenvalue weighted by molar-refractivity contribution is -0.694. The van der Waals surface area contributed by atoms with Crippen molar-refractivity contribution in [2.24, 2.45) is 5.92 Å². The first-order valence-electron chi connectivity index (χ1n) is 17.2. The van der Waals surface area contributed by atoms with Crippen molar-refractivity contribution in [1.82, 2.24) is 4.90 Å². The van der Waals surface area contributed by atoms with Crippen LogP contribution in [0.3, 0.4) is 0 Å². The molecular formula is C35H61IN2O5. The molecule has 0 unspecified atom stereocenters. The molecule has 1 fully saturated rings. The second kappa shape index (κ2) is 26.0. The molecule has 0 aromatic carbocycles. The van der Waals surface area contributed by atoms with Crippen LogP contribution in [0.25, 0.3) is 0 Å². The van der Waals surface area contributed by atoms with Crippen molar-refractivity contribution in [3.05, 3.63) is 30.1 Å². The van der Waals surface area contributed by atoms with Gasteiger partial charge >= 0.3 is 6.09 Å². The number of carbonyl (C=O) groups excluding carboxylic acids is 2. The van der Waals surface area contributed by atoms with Gasteiger partial charge in [0, 0.05) is 31.1 Å². The van der Waals surface area contributed by atoms with Crippen molar-refractivity contribution >= 4 is 12.0 Å². The number of unbranched alkanes of at least 4 members (excludes halogenated alkanes) is 15. The van der Waals surface area contributed by atoms with Gasteiger partial charge in [-0.15, -0.1) is 0 Å². The third kappa shape index (κ3) is 19.0. The second-order valence-electron chi connectivity index (χ2n) is 12.2. The lowest BCUT2D eigenvalue weighted by Gasteiger charge is -2.19. The summed E-state index contributed by atoms with van der Waals surface area (Å²) in [5.74, 6) is -0.00733. The Bertz CT molecular complexity index is 855. The number of halogens is 1. The fraction of sp³-hybridized carbons (Fsp3) is 0.800. The number of hydrogen-bond acceptors (Lipinski definition) is 5. The van der Waals surface area contributed by atoms with Gasteiger partial charge in [-0.3, -0.25) is 4.79 Å². The molecule has 0 N–H and O–H groups in total. The number of pyridine rings is 1. The van der Waals surface area contributed by atoms with Crippen molar-refractivity contribution in [2.45, 2.75) is 149 Å². The van der Waals surface area contributed by atoms with Gasteiger partial charge in [-0.2, -0.15) is 0 Å². The fourth-order valence-corrected chi connectivity index (χ4v) is 5.61. The number of nitrogens with zero attached hydrogens (tertiary/aromatic N) is 2. The van der Waals surface area contributed by atoms with E-state index in [0.717, 1.165) is 36.5 Å². The van der Waals surface area contributed by atoms with E-state index < -0.39 is 6.09 Å². The molecule has 8 heteroatoms. The SMILES string of the molecule is CCCCCCCCCCCCCCCCCCOC[C@@H]1CO[C@@H](COC(=O)N(Cc2ccc[n+](CC)c2)C(C)=O)C1.[I-]. The maximum Gasteiger partial charge on any atom is 0.416 e. The van der Waals surface area contributed by atoms with E-state index in [1.807, 2.05) is 36.0 Å². The molecule has 0 saturated carbocycles. The molecule has 1 aliphatic rings. The molecule has 1 aromatic heterocycles. The molecule has 0 bridgehead atoms. The minimum Gasteiger partial charge on any atom is -1.00 e. The van der Waals surface area contributed by atoms with E-state index in [1.54, 1.807) is 0 Å². The molecule has 43 heavy (non-hydrogen) atoms. The van der Waals surface area contributed by atoms with Crippen LogP contribution in [-0.2, 0) is 32.1 Å². The van der Waals surface area contributed by atoms with Crippen LogP contribution in [0, 0.1) is 5.92 Å². The Balaban J connectivity index is 0.00000924. The first-order chi connectivity index (χ1) is 20.5. The zero-order valence-corrected chi connectivity index (χ0v) is 29.7. The van der Waals surface area contributed by atoms with Crippen molar-refractivity contribution in [3.8, 4) is 0 Å². The van der Waals surface area contributed by atoms with Gasteiger partial charge in [-0.25, -0.2) is 14.3 Å². The number of carbonyl (C=O) groups is 2. The van der Waals surface area contributed by atoms with Crippen LogP contribution in [0.1, 0.15) is 135 Å². The van der Waals surface area contributed by atoms with Crippen molar-refractivity contribution in [3.63, 3.8) is 0 Å². The minimum atomic E-state index is -0.624. The molecule has 1 saturated heterocycles. The van der Waals surface area contributed by atoms with Gasteiger partial charge in [0.15, 0.2) is 12.4 Å². The number of ether oxygens (including phenoxy) is 3. The van der Waals surface area contributed by atoms with Crippen LogP contribution >= 0.6 is 0 Å². The van der Waals surface area contributed by atoms with Gasteiger partial charge in [0.1, 0.15) is 13.2 Å². The molecule has 1 aromatic rings. The van der Waals surface area contributed by atoms with E-state index in [0.29, 0.717) is 19.1 Å². The van der Waals surface area contributed by atoms with Crippen molar-refractivity contribution < 1.29 is 52.3 Å². The molecule has 0 spiro atoms. The highest BCUT2D eigenvalue weighted by Crippen LogP contribution is 2.21. The van der Waals surface area contributed by atoms with Crippen molar-refractivity contribution in [1.29, 1.82) is 0 Å². The molecule has 2 atom stereocenters. The van der Waals surface area contributed by atoms with Gasteiger partial charge < -0.3 is 38.2 Å². The number of rotatable bonds is 24. The maximum atomic E-state index is 12.6. The third-order valence-corrected chi connectivity index (χ3v) is 8.28. The highest BCUT2D eigenvalue weighted by Gasteiger charge is 2.28. The predicted molar refractivity (Wildman–Crippen MR) is 168 cm³/mol. The molecule has 0 aliphatic carbocycles. The summed E-state index contributed by atoms with van der Waals surface area (Å²) in [7, 11) is 0. The standard InChI is InChI=1S/C35H61N2O5.HI/c1-4-6-7-8-9-10-11-12-13-14-15-16-17-18-19-20-24-40-28-33-25-34(41-29-33)30-42-35(39)37(31(3)38)27-32-22-21-23-36(5-2)26-32;/h21-23,26,33-34H,4-20,24-25,27-30H2,1-3H3;1H/q+1;/p-1/t33-,34-;/m1./s1. The lowest BCUT2D eigenvalue weighted by atomic mass is 10.0. The number of aromatic nitrogens is 1. The summed E-state index contributed by atoms with van der Waals surface area (Å²) in [5, 5.41) is 0. The zero-order valence-electron chi connectivity index (χ0n) is 27.5. The average Bonchev–Trinajstić information content (AvgIpc) is 3.45. The largest absolute Gasteiger partial charge is 1.00 e. The van der Waals surface area contributed by atoms with E-state index >= 15 is 0 Å². The predicted octanol–water partition coefficient (Wildman–Crippen LogP) is 5.17. The Labute approximate surface area is 279 Å². The molecule has 7 nitrogen and oxygen atoms in total. The fourth-order valence-electron chi connectivity index (χ4n) is 5.61. The summed E-state index contributed by atoms with van der Waals surface area (Å²) >= 11 is 0. The molecule has 1 aliphatic heterocycles. The van der Waals surface area contributed by atoms with Gasteiger partial charge in [0.25, 0.3) is 0 Å². The van der Waals surface area contributed by atoms with Crippen LogP contribution in [0.5, 0.6) is 0 Å². The molecule has 0 radical (unpaired) electrons. The first kappa shape index (κ1) is 39.8. The lowest BCUT2D eigenvalue weighted by Crippen LogP contribution is -3.00. The second-order valence-corrected chi connectivity index (χ2v) is 12.2. The summed E-state index contributed by atoms with van der Waals surface area (Å²) in [6.45, 7) is 9.00. The molecule has 2 rings (SSSR count). The minimum absolute atomic E-state index is 0. The van der Waals surface area contributed by atoms with Gasteiger partial charge in [-0.1, -0.05) is 103 Å². The van der Waals surface area contributed by atoms with Crippen LogP contribution in [0.15, 0.2) is 24.5 Å². The Kier molecular flexibility index (Phi) is 24.0. The summed E-state index contributed by atoms with van der Waals surface area (Å²) in [5.41, 5.74) is 0.880. The quantitative estimate of drug-likeness (QED) is 0.0840. The molecule has 2 amide bonds. The van der Waals surface area contributed by atoms with Gasteiger partial charge in [-0.05, 0) is 25.8 Å². The Morgan fingerprint density at radius 3 is 2.02 bits per heavy atom. The Morgan fingerprint density at radius 2 is 1.47 bits per heavy atom. The Morgan fingerprint density at radius 1 is 0.884 bits per heavy atom. The number of hydrogen-bond donors (Lipinski definition) is 0. The van der Waals surface area contributed by atoms with Crippen LogP contribution in [-0.4, -0.2) is 49.4 Å².